The first-order valence-electron chi connectivity index (χ1n) is 5.04. The summed E-state index contributed by atoms with van der Waals surface area (Å²) in [5, 5.41) is 0.349. The lowest BCUT2D eigenvalue weighted by Crippen LogP contribution is -2.07. The lowest BCUT2D eigenvalue weighted by atomic mass is 10.2. The predicted molar refractivity (Wildman–Crippen MR) is 74.9 cm³/mol. The van der Waals surface area contributed by atoms with Gasteiger partial charge in [0.15, 0.2) is 11.5 Å². The fraction of sp³-hybridized carbons (Fsp3) is 0.250. The van der Waals surface area contributed by atoms with Crippen LogP contribution in [0.1, 0.15) is 0 Å². The second-order valence-electron chi connectivity index (χ2n) is 3.43. The highest BCUT2D eigenvalue weighted by Gasteiger charge is 2.20. The van der Waals surface area contributed by atoms with E-state index in [-0.39, 0.29) is 5.43 Å². The molecule has 0 aliphatic heterocycles. The fourth-order valence-corrected chi connectivity index (χ4v) is 2.13. The highest BCUT2D eigenvalue weighted by Crippen LogP contribution is 2.42. The van der Waals surface area contributed by atoms with E-state index in [0.717, 1.165) is 0 Å². The number of benzene rings is 1. The first kappa shape index (κ1) is 13.0. The molecule has 1 aromatic heterocycles. The Morgan fingerprint density at radius 3 is 2.33 bits per heavy atom. The SMILES string of the molecule is COc1cc2occ(I)c(=O)c2c(OC)c1OC. The molecular formula is C12H11IO5. The first-order valence-corrected chi connectivity index (χ1v) is 6.11. The van der Waals surface area contributed by atoms with E-state index in [1.54, 1.807) is 6.07 Å². The average molecular weight is 362 g/mol. The van der Waals surface area contributed by atoms with E-state index < -0.39 is 0 Å². The predicted octanol–water partition coefficient (Wildman–Crippen LogP) is 2.42. The summed E-state index contributed by atoms with van der Waals surface area (Å²) >= 11 is 1.91. The monoisotopic (exact) mass is 362 g/mol. The third-order valence-electron chi connectivity index (χ3n) is 2.53. The Morgan fingerprint density at radius 2 is 1.78 bits per heavy atom. The maximum Gasteiger partial charge on any atom is 0.209 e. The second kappa shape index (κ2) is 5.05. The van der Waals surface area contributed by atoms with E-state index in [1.807, 2.05) is 22.6 Å². The van der Waals surface area contributed by atoms with Crippen molar-refractivity contribution in [3.05, 3.63) is 26.1 Å². The Morgan fingerprint density at radius 1 is 1.11 bits per heavy atom. The van der Waals surface area contributed by atoms with Crippen LogP contribution in [0.3, 0.4) is 0 Å². The van der Waals surface area contributed by atoms with Gasteiger partial charge in [-0.05, 0) is 22.6 Å². The van der Waals surface area contributed by atoms with Crippen LogP contribution < -0.4 is 19.6 Å². The Kier molecular flexibility index (Phi) is 3.65. The highest BCUT2D eigenvalue weighted by atomic mass is 127. The average Bonchev–Trinajstić information content (AvgIpc) is 2.40. The van der Waals surface area contributed by atoms with E-state index in [9.17, 15) is 4.79 Å². The van der Waals surface area contributed by atoms with Crippen LogP contribution in [-0.4, -0.2) is 21.3 Å². The minimum Gasteiger partial charge on any atom is -0.493 e. The smallest absolute Gasteiger partial charge is 0.209 e. The summed E-state index contributed by atoms with van der Waals surface area (Å²) in [4.78, 5) is 12.1. The summed E-state index contributed by atoms with van der Waals surface area (Å²) in [5.74, 6) is 1.15. The first-order chi connectivity index (χ1) is 8.63. The molecule has 0 unspecified atom stereocenters. The number of fused-ring (bicyclic) bond motifs is 1. The van der Waals surface area contributed by atoms with Gasteiger partial charge in [-0.25, -0.2) is 0 Å². The van der Waals surface area contributed by atoms with Gasteiger partial charge < -0.3 is 18.6 Å². The van der Waals surface area contributed by atoms with Gasteiger partial charge in [0.1, 0.15) is 17.2 Å². The lowest BCUT2D eigenvalue weighted by Gasteiger charge is -2.13. The Bertz CT molecular complexity index is 647. The van der Waals surface area contributed by atoms with Gasteiger partial charge in [-0.2, -0.15) is 0 Å². The van der Waals surface area contributed by atoms with Crippen molar-refractivity contribution in [3.8, 4) is 17.2 Å². The van der Waals surface area contributed by atoms with Crippen LogP contribution in [0.4, 0.5) is 0 Å². The van der Waals surface area contributed by atoms with Crippen LogP contribution in [0, 0.1) is 3.57 Å². The zero-order chi connectivity index (χ0) is 13.3. The number of halogens is 1. The molecule has 1 aromatic carbocycles. The molecule has 5 nitrogen and oxygen atoms in total. The second-order valence-corrected chi connectivity index (χ2v) is 4.59. The highest BCUT2D eigenvalue weighted by molar-refractivity contribution is 14.1. The van der Waals surface area contributed by atoms with Crippen molar-refractivity contribution >= 4 is 33.6 Å². The normalized spacial score (nSPS) is 10.4. The molecule has 0 amide bonds. The van der Waals surface area contributed by atoms with Crippen LogP contribution in [0.2, 0.25) is 0 Å². The molecule has 0 aliphatic rings. The zero-order valence-electron chi connectivity index (χ0n) is 10.1. The summed E-state index contributed by atoms with van der Waals surface area (Å²) < 4.78 is 21.5. The van der Waals surface area contributed by atoms with Gasteiger partial charge in [0.25, 0.3) is 0 Å². The maximum absolute atomic E-state index is 12.1. The number of ether oxygens (including phenoxy) is 3. The molecule has 0 saturated carbocycles. The Hall–Kier alpha value is -1.44. The molecule has 18 heavy (non-hydrogen) atoms. The van der Waals surface area contributed by atoms with Crippen molar-refractivity contribution in [1.82, 2.24) is 0 Å². The van der Waals surface area contributed by atoms with Gasteiger partial charge in [-0.15, -0.1) is 0 Å². The van der Waals surface area contributed by atoms with Gasteiger partial charge in [-0.1, -0.05) is 0 Å². The van der Waals surface area contributed by atoms with Gasteiger partial charge in [0.2, 0.25) is 11.2 Å². The molecule has 0 spiro atoms. The number of hydrogen-bond donors (Lipinski definition) is 0. The van der Waals surface area contributed by atoms with Crippen LogP contribution in [0.25, 0.3) is 11.0 Å². The summed E-state index contributed by atoms with van der Waals surface area (Å²) in [6.07, 6.45) is 1.40. The van der Waals surface area contributed by atoms with Gasteiger partial charge in [0, 0.05) is 6.07 Å². The van der Waals surface area contributed by atoms with Crippen molar-refractivity contribution in [1.29, 1.82) is 0 Å². The standard InChI is InChI=1S/C12H11IO5/c1-15-8-4-7-9(10(14)6(13)5-18-7)12(17-3)11(8)16-2/h4-5H,1-3H3. The summed E-state index contributed by atoms with van der Waals surface area (Å²) in [5.41, 5.74) is 0.240. The van der Waals surface area contributed by atoms with Crippen molar-refractivity contribution in [2.45, 2.75) is 0 Å². The molecule has 0 saturated heterocycles. The minimum absolute atomic E-state index is 0.158. The largest absolute Gasteiger partial charge is 0.493 e. The maximum atomic E-state index is 12.1. The summed E-state index contributed by atoms with van der Waals surface area (Å²) in [7, 11) is 4.46. The third kappa shape index (κ3) is 1.90. The van der Waals surface area contributed by atoms with Crippen LogP contribution in [-0.2, 0) is 0 Å². The van der Waals surface area contributed by atoms with Crippen molar-refractivity contribution in [3.63, 3.8) is 0 Å². The quantitative estimate of drug-likeness (QED) is 0.785. The summed E-state index contributed by atoms with van der Waals surface area (Å²) in [6, 6.07) is 1.61. The molecule has 6 heteroatoms. The van der Waals surface area contributed by atoms with E-state index in [0.29, 0.717) is 31.8 Å². The fourth-order valence-electron chi connectivity index (χ4n) is 1.73. The molecule has 1 heterocycles. The molecule has 0 atom stereocenters. The molecule has 2 rings (SSSR count). The van der Waals surface area contributed by atoms with E-state index in [2.05, 4.69) is 0 Å². The van der Waals surface area contributed by atoms with Gasteiger partial charge in [-0.3, -0.25) is 4.79 Å². The topological polar surface area (TPSA) is 57.9 Å². The number of hydrogen-bond acceptors (Lipinski definition) is 5. The van der Waals surface area contributed by atoms with Crippen molar-refractivity contribution in [2.24, 2.45) is 0 Å². The third-order valence-corrected chi connectivity index (χ3v) is 3.27. The molecule has 0 bridgehead atoms. The van der Waals surface area contributed by atoms with Crippen molar-refractivity contribution in [2.75, 3.05) is 21.3 Å². The Balaban J connectivity index is 2.98. The molecule has 2 aromatic rings. The molecule has 96 valence electrons. The lowest BCUT2D eigenvalue weighted by molar-refractivity contribution is 0.326. The Labute approximate surface area is 117 Å². The zero-order valence-corrected chi connectivity index (χ0v) is 12.2. The van der Waals surface area contributed by atoms with Crippen molar-refractivity contribution < 1.29 is 18.6 Å². The number of rotatable bonds is 3. The molecule has 0 aliphatic carbocycles. The molecule has 0 radical (unpaired) electrons. The van der Waals surface area contributed by atoms with E-state index >= 15 is 0 Å². The molecule has 0 fully saturated rings. The summed E-state index contributed by atoms with van der Waals surface area (Å²) in [6.45, 7) is 0. The van der Waals surface area contributed by atoms with E-state index in [1.165, 1.54) is 27.6 Å². The number of methoxy groups -OCH3 is 3. The molecule has 0 N–H and O–H groups in total. The molecular weight excluding hydrogens is 351 g/mol. The van der Waals surface area contributed by atoms with Gasteiger partial charge >= 0.3 is 0 Å². The van der Waals surface area contributed by atoms with Crippen LogP contribution in [0.5, 0.6) is 17.2 Å². The minimum atomic E-state index is -0.158. The van der Waals surface area contributed by atoms with E-state index in [4.69, 9.17) is 18.6 Å². The van der Waals surface area contributed by atoms with Crippen LogP contribution >= 0.6 is 22.6 Å². The van der Waals surface area contributed by atoms with Crippen LogP contribution in [0.15, 0.2) is 21.5 Å². The van der Waals surface area contributed by atoms with Gasteiger partial charge in [0.05, 0.1) is 24.9 Å².